The van der Waals surface area contributed by atoms with Crippen LogP contribution >= 0.6 is 11.6 Å². The monoisotopic (exact) mass is 225 g/mol. The zero-order valence-electron chi connectivity index (χ0n) is 8.66. The smallest absolute Gasteiger partial charge is 0.0720 e. The third kappa shape index (κ3) is 2.94. The maximum atomic E-state index is 5.80. The van der Waals surface area contributed by atoms with E-state index < -0.39 is 0 Å². The first-order chi connectivity index (χ1) is 7.28. The van der Waals surface area contributed by atoms with Gasteiger partial charge in [-0.3, -0.25) is 0 Å². The molecule has 0 unspecified atom stereocenters. The van der Waals surface area contributed by atoms with Gasteiger partial charge in [-0.15, -0.1) is 0 Å². The summed E-state index contributed by atoms with van der Waals surface area (Å²) in [6.45, 7) is 1.47. The van der Waals surface area contributed by atoms with Crippen LogP contribution in [0.4, 0.5) is 0 Å². The van der Waals surface area contributed by atoms with E-state index in [0.29, 0.717) is 18.6 Å². The van der Waals surface area contributed by atoms with E-state index in [4.69, 9.17) is 22.1 Å². The van der Waals surface area contributed by atoms with Crippen molar-refractivity contribution in [1.82, 2.24) is 0 Å². The van der Waals surface area contributed by atoms with Crippen LogP contribution in [0.25, 0.3) is 0 Å². The van der Waals surface area contributed by atoms with Crippen molar-refractivity contribution in [3.63, 3.8) is 0 Å². The molecule has 2 N–H and O–H groups in total. The SMILES string of the molecule is NCC1CC(OCc2ccc(Cl)cc2)C1. The van der Waals surface area contributed by atoms with Crippen molar-refractivity contribution in [3.8, 4) is 0 Å². The molecule has 0 heterocycles. The molecule has 0 aromatic heterocycles. The molecule has 1 fully saturated rings. The standard InChI is InChI=1S/C12H16ClNO/c13-11-3-1-9(2-4-11)8-15-12-5-10(6-12)7-14/h1-4,10,12H,5-8,14H2. The Labute approximate surface area is 95.4 Å². The van der Waals surface area contributed by atoms with E-state index >= 15 is 0 Å². The normalized spacial score (nSPS) is 24.9. The zero-order valence-corrected chi connectivity index (χ0v) is 9.41. The van der Waals surface area contributed by atoms with E-state index in [2.05, 4.69) is 0 Å². The highest BCUT2D eigenvalue weighted by molar-refractivity contribution is 6.30. The number of rotatable bonds is 4. The van der Waals surface area contributed by atoms with Gasteiger partial charge < -0.3 is 10.5 Å². The van der Waals surface area contributed by atoms with E-state index in [-0.39, 0.29) is 0 Å². The molecule has 1 saturated carbocycles. The maximum absolute atomic E-state index is 5.80. The van der Waals surface area contributed by atoms with E-state index in [9.17, 15) is 0 Å². The molecule has 15 heavy (non-hydrogen) atoms. The molecular formula is C12H16ClNO. The molecule has 2 rings (SSSR count). The number of ether oxygens (including phenoxy) is 1. The molecule has 1 aromatic carbocycles. The van der Waals surface area contributed by atoms with Crippen LogP contribution in [0.2, 0.25) is 5.02 Å². The van der Waals surface area contributed by atoms with Crippen molar-refractivity contribution in [2.75, 3.05) is 6.54 Å². The van der Waals surface area contributed by atoms with E-state index in [1.165, 1.54) is 5.56 Å². The van der Waals surface area contributed by atoms with Gasteiger partial charge in [0.2, 0.25) is 0 Å². The minimum Gasteiger partial charge on any atom is -0.374 e. The Morgan fingerprint density at radius 3 is 2.53 bits per heavy atom. The second-order valence-corrected chi connectivity index (χ2v) is 4.57. The summed E-state index contributed by atoms with van der Waals surface area (Å²) in [7, 11) is 0. The maximum Gasteiger partial charge on any atom is 0.0720 e. The van der Waals surface area contributed by atoms with Gasteiger partial charge in [-0.2, -0.15) is 0 Å². The van der Waals surface area contributed by atoms with Crippen molar-refractivity contribution in [3.05, 3.63) is 34.9 Å². The van der Waals surface area contributed by atoms with Gasteiger partial charge in [0.15, 0.2) is 0 Å². The summed E-state index contributed by atoms with van der Waals surface area (Å²) in [6.07, 6.45) is 2.64. The van der Waals surface area contributed by atoms with E-state index in [1.807, 2.05) is 24.3 Å². The first-order valence-corrected chi connectivity index (χ1v) is 5.72. The minimum atomic E-state index is 0.411. The molecule has 0 saturated heterocycles. The Kier molecular flexibility index (Phi) is 3.62. The fraction of sp³-hybridized carbons (Fsp3) is 0.500. The Bertz CT molecular complexity index is 306. The summed E-state index contributed by atoms with van der Waals surface area (Å²) in [5.74, 6) is 0.681. The van der Waals surface area contributed by atoms with Crippen molar-refractivity contribution < 1.29 is 4.74 Å². The lowest BCUT2D eigenvalue weighted by Crippen LogP contribution is -2.35. The second kappa shape index (κ2) is 4.97. The predicted octanol–water partition coefficient (Wildman–Crippen LogP) is 2.59. The van der Waals surface area contributed by atoms with Gasteiger partial charge in [0, 0.05) is 5.02 Å². The predicted molar refractivity (Wildman–Crippen MR) is 61.8 cm³/mol. The molecule has 0 spiro atoms. The molecule has 0 amide bonds. The first kappa shape index (κ1) is 10.9. The zero-order chi connectivity index (χ0) is 10.7. The minimum absolute atomic E-state index is 0.411. The Morgan fingerprint density at radius 2 is 1.93 bits per heavy atom. The van der Waals surface area contributed by atoms with Gasteiger partial charge in [-0.05, 0) is 43.0 Å². The van der Waals surface area contributed by atoms with Gasteiger partial charge in [0.05, 0.1) is 12.7 Å². The molecule has 82 valence electrons. The summed E-state index contributed by atoms with van der Waals surface area (Å²) in [5.41, 5.74) is 6.73. The van der Waals surface area contributed by atoms with Crippen LogP contribution in [0.3, 0.4) is 0 Å². The lowest BCUT2D eigenvalue weighted by molar-refractivity contribution is -0.0375. The molecule has 0 atom stereocenters. The molecule has 2 nitrogen and oxygen atoms in total. The highest BCUT2D eigenvalue weighted by Crippen LogP contribution is 2.29. The van der Waals surface area contributed by atoms with Crippen molar-refractivity contribution >= 4 is 11.6 Å². The molecular weight excluding hydrogens is 210 g/mol. The fourth-order valence-electron chi connectivity index (χ4n) is 1.80. The molecule has 1 aliphatic carbocycles. The summed E-state index contributed by atoms with van der Waals surface area (Å²) in [6, 6.07) is 7.79. The van der Waals surface area contributed by atoms with Crippen LogP contribution in [-0.4, -0.2) is 12.6 Å². The second-order valence-electron chi connectivity index (χ2n) is 4.13. The van der Waals surface area contributed by atoms with Gasteiger partial charge in [0.25, 0.3) is 0 Å². The average molecular weight is 226 g/mol. The molecule has 1 aromatic rings. The largest absolute Gasteiger partial charge is 0.374 e. The summed E-state index contributed by atoms with van der Waals surface area (Å²) >= 11 is 5.80. The fourth-order valence-corrected chi connectivity index (χ4v) is 1.92. The summed E-state index contributed by atoms with van der Waals surface area (Å²) < 4.78 is 5.74. The van der Waals surface area contributed by atoms with Crippen LogP contribution in [0.15, 0.2) is 24.3 Å². The Balaban J connectivity index is 1.72. The Morgan fingerprint density at radius 1 is 1.27 bits per heavy atom. The molecule has 1 aliphatic rings. The number of halogens is 1. The Hall–Kier alpha value is -0.570. The molecule has 0 radical (unpaired) electrons. The highest BCUT2D eigenvalue weighted by Gasteiger charge is 2.28. The van der Waals surface area contributed by atoms with Crippen LogP contribution in [0.1, 0.15) is 18.4 Å². The van der Waals surface area contributed by atoms with Gasteiger partial charge >= 0.3 is 0 Å². The lowest BCUT2D eigenvalue weighted by Gasteiger charge is -2.34. The van der Waals surface area contributed by atoms with E-state index in [0.717, 1.165) is 24.4 Å². The topological polar surface area (TPSA) is 35.2 Å². The third-order valence-electron chi connectivity index (χ3n) is 2.92. The van der Waals surface area contributed by atoms with Crippen LogP contribution in [0, 0.1) is 5.92 Å². The van der Waals surface area contributed by atoms with Crippen molar-refractivity contribution in [2.24, 2.45) is 11.7 Å². The van der Waals surface area contributed by atoms with Gasteiger partial charge in [-0.1, -0.05) is 23.7 Å². The number of nitrogens with two attached hydrogens (primary N) is 1. The van der Waals surface area contributed by atoms with Crippen molar-refractivity contribution in [2.45, 2.75) is 25.6 Å². The number of benzene rings is 1. The van der Waals surface area contributed by atoms with Gasteiger partial charge in [0.1, 0.15) is 0 Å². The number of hydrogen-bond donors (Lipinski definition) is 1. The van der Waals surface area contributed by atoms with E-state index in [1.54, 1.807) is 0 Å². The average Bonchev–Trinajstić information content (AvgIpc) is 2.19. The van der Waals surface area contributed by atoms with Crippen LogP contribution in [0.5, 0.6) is 0 Å². The van der Waals surface area contributed by atoms with Gasteiger partial charge in [-0.25, -0.2) is 0 Å². The lowest BCUT2D eigenvalue weighted by atomic mass is 9.82. The quantitative estimate of drug-likeness (QED) is 0.855. The van der Waals surface area contributed by atoms with Crippen molar-refractivity contribution in [1.29, 1.82) is 0 Å². The highest BCUT2D eigenvalue weighted by atomic mass is 35.5. The van der Waals surface area contributed by atoms with Crippen LogP contribution in [-0.2, 0) is 11.3 Å². The molecule has 3 heteroatoms. The third-order valence-corrected chi connectivity index (χ3v) is 3.18. The van der Waals surface area contributed by atoms with Crippen LogP contribution < -0.4 is 5.73 Å². The first-order valence-electron chi connectivity index (χ1n) is 5.34. The molecule has 0 aliphatic heterocycles. The summed E-state index contributed by atoms with van der Waals surface area (Å²) in [4.78, 5) is 0. The number of hydrogen-bond acceptors (Lipinski definition) is 2. The molecule has 0 bridgehead atoms. The summed E-state index contributed by atoms with van der Waals surface area (Å²) in [5, 5.41) is 0.769.